The maximum Gasteiger partial charge on any atom is 0.213 e. The van der Waals surface area contributed by atoms with Crippen molar-refractivity contribution in [2.45, 2.75) is 0 Å². The van der Waals surface area contributed by atoms with Gasteiger partial charge in [-0.2, -0.15) is 0 Å². The molecule has 0 saturated carbocycles. The normalized spacial score (nSPS) is 10.1. The molecule has 3 nitrogen and oxygen atoms in total. The highest BCUT2D eigenvalue weighted by Gasteiger charge is 2.12. The number of aromatic nitrogens is 2. The van der Waals surface area contributed by atoms with Crippen molar-refractivity contribution in [2.75, 3.05) is 0 Å². The van der Waals surface area contributed by atoms with Gasteiger partial charge in [0.1, 0.15) is 11.5 Å². The molecule has 80 valence electrons. The van der Waals surface area contributed by atoms with Gasteiger partial charge in [-0.1, -0.05) is 0 Å². The molecule has 0 fully saturated rings. The van der Waals surface area contributed by atoms with Crippen LogP contribution in [0.3, 0.4) is 0 Å². The van der Waals surface area contributed by atoms with Crippen LogP contribution in [-0.2, 0) is 0 Å². The van der Waals surface area contributed by atoms with Gasteiger partial charge in [0.25, 0.3) is 0 Å². The molecule has 2 rings (SSSR count). The number of carbonyl (C=O) groups is 1. The largest absolute Gasteiger partial charge is 0.287 e. The van der Waals surface area contributed by atoms with Crippen molar-refractivity contribution in [1.82, 2.24) is 9.97 Å². The second kappa shape index (κ2) is 4.49. The number of benzene rings is 1. The Balaban J connectivity index is 2.39. The zero-order chi connectivity index (χ0) is 11.5. The Labute approximate surface area is 99.5 Å². The minimum atomic E-state index is -0.477. The smallest absolute Gasteiger partial charge is 0.213 e. The first-order chi connectivity index (χ1) is 7.68. The molecule has 0 aliphatic heterocycles. The van der Waals surface area contributed by atoms with E-state index >= 15 is 0 Å². The van der Waals surface area contributed by atoms with Gasteiger partial charge in [0.2, 0.25) is 5.78 Å². The van der Waals surface area contributed by atoms with Gasteiger partial charge in [-0.15, -0.1) is 0 Å². The number of nitrogens with zero attached hydrogens (tertiary/aromatic N) is 2. The second-order valence-corrected chi connectivity index (χ2v) is 3.90. The summed E-state index contributed by atoms with van der Waals surface area (Å²) >= 11 is 3.02. The van der Waals surface area contributed by atoms with Crippen LogP contribution in [0, 0.1) is 5.82 Å². The van der Waals surface area contributed by atoms with Gasteiger partial charge in [0.15, 0.2) is 0 Å². The predicted octanol–water partition coefficient (Wildman–Crippen LogP) is 2.61. The average molecular weight is 281 g/mol. The van der Waals surface area contributed by atoms with Crippen LogP contribution in [-0.4, -0.2) is 15.8 Å². The summed E-state index contributed by atoms with van der Waals surface area (Å²) in [5.74, 6) is -0.825. The summed E-state index contributed by atoms with van der Waals surface area (Å²) < 4.78 is 13.5. The van der Waals surface area contributed by atoms with Gasteiger partial charge in [0.05, 0.1) is 10.7 Å². The van der Waals surface area contributed by atoms with E-state index in [2.05, 4.69) is 25.9 Å². The number of rotatable bonds is 2. The SMILES string of the molecule is O=C(c1ccc(Br)c(F)c1)c1cnccn1. The molecule has 2 aromatic rings. The van der Waals surface area contributed by atoms with Crippen molar-refractivity contribution in [3.8, 4) is 0 Å². The third kappa shape index (κ3) is 2.14. The summed E-state index contributed by atoms with van der Waals surface area (Å²) in [6, 6.07) is 4.18. The summed E-state index contributed by atoms with van der Waals surface area (Å²) in [6.07, 6.45) is 4.24. The van der Waals surface area contributed by atoms with Crippen LogP contribution >= 0.6 is 15.9 Å². The van der Waals surface area contributed by atoms with E-state index in [0.717, 1.165) is 0 Å². The van der Waals surface area contributed by atoms with E-state index in [9.17, 15) is 9.18 Å². The third-order valence-electron chi connectivity index (χ3n) is 1.98. The minimum absolute atomic E-state index is 0.198. The monoisotopic (exact) mass is 280 g/mol. The van der Waals surface area contributed by atoms with Crippen molar-refractivity contribution in [3.63, 3.8) is 0 Å². The molecule has 0 aliphatic carbocycles. The van der Waals surface area contributed by atoms with Crippen LogP contribution in [0.2, 0.25) is 0 Å². The van der Waals surface area contributed by atoms with Crippen molar-refractivity contribution in [2.24, 2.45) is 0 Å². The van der Waals surface area contributed by atoms with E-state index in [0.29, 0.717) is 4.47 Å². The van der Waals surface area contributed by atoms with Gasteiger partial charge in [0, 0.05) is 18.0 Å². The zero-order valence-corrected chi connectivity index (χ0v) is 9.61. The lowest BCUT2D eigenvalue weighted by atomic mass is 10.1. The Morgan fingerprint density at radius 2 is 2.12 bits per heavy atom. The van der Waals surface area contributed by atoms with Crippen molar-refractivity contribution >= 4 is 21.7 Å². The van der Waals surface area contributed by atoms with E-state index in [-0.39, 0.29) is 17.0 Å². The lowest BCUT2D eigenvalue weighted by molar-refractivity contribution is 0.103. The Kier molecular flexibility index (Phi) is 3.05. The number of carbonyl (C=O) groups excluding carboxylic acids is 1. The van der Waals surface area contributed by atoms with E-state index in [1.54, 1.807) is 0 Å². The molecule has 0 bridgehead atoms. The zero-order valence-electron chi connectivity index (χ0n) is 8.02. The average Bonchev–Trinajstić information content (AvgIpc) is 2.33. The Bertz CT molecular complexity index is 531. The first-order valence-corrected chi connectivity index (χ1v) is 5.23. The van der Waals surface area contributed by atoms with E-state index in [4.69, 9.17) is 0 Å². The van der Waals surface area contributed by atoms with Gasteiger partial charge < -0.3 is 0 Å². The number of ketones is 1. The van der Waals surface area contributed by atoms with E-state index < -0.39 is 5.82 Å². The lowest BCUT2D eigenvalue weighted by Crippen LogP contribution is -2.04. The molecule has 0 aliphatic rings. The second-order valence-electron chi connectivity index (χ2n) is 3.05. The molecule has 0 radical (unpaired) electrons. The summed E-state index contributed by atoms with van der Waals surface area (Å²) in [7, 11) is 0. The molecule has 1 aromatic carbocycles. The van der Waals surface area contributed by atoms with Crippen molar-refractivity contribution in [3.05, 3.63) is 58.3 Å². The molecule has 0 unspecified atom stereocenters. The fourth-order valence-corrected chi connectivity index (χ4v) is 1.45. The molecule has 0 N–H and O–H groups in total. The number of hydrogen-bond donors (Lipinski definition) is 0. The van der Waals surface area contributed by atoms with Gasteiger partial charge >= 0.3 is 0 Å². The highest BCUT2D eigenvalue weighted by atomic mass is 79.9. The van der Waals surface area contributed by atoms with Crippen molar-refractivity contribution in [1.29, 1.82) is 0 Å². The fraction of sp³-hybridized carbons (Fsp3) is 0. The van der Waals surface area contributed by atoms with Gasteiger partial charge in [-0.05, 0) is 34.1 Å². The first-order valence-electron chi connectivity index (χ1n) is 4.44. The Morgan fingerprint density at radius 1 is 1.31 bits per heavy atom. The molecular formula is C11H6BrFN2O. The lowest BCUT2D eigenvalue weighted by Gasteiger charge is -2.00. The quantitative estimate of drug-likeness (QED) is 0.795. The predicted molar refractivity (Wildman–Crippen MR) is 59.6 cm³/mol. The standard InChI is InChI=1S/C11H6BrFN2O/c12-8-2-1-7(5-9(8)13)11(16)10-6-14-3-4-15-10/h1-6H. The highest BCUT2D eigenvalue weighted by Crippen LogP contribution is 2.17. The Morgan fingerprint density at radius 3 is 2.75 bits per heavy atom. The summed E-state index contributed by atoms with van der Waals surface area (Å²) in [6.45, 7) is 0. The molecule has 1 heterocycles. The molecule has 5 heteroatoms. The molecule has 0 spiro atoms. The van der Waals surface area contributed by atoms with Crippen LogP contribution in [0.5, 0.6) is 0 Å². The highest BCUT2D eigenvalue weighted by molar-refractivity contribution is 9.10. The minimum Gasteiger partial charge on any atom is -0.287 e. The number of halogens is 2. The molecule has 0 atom stereocenters. The van der Waals surface area contributed by atoms with Crippen LogP contribution in [0.25, 0.3) is 0 Å². The molecule has 1 aromatic heterocycles. The number of hydrogen-bond acceptors (Lipinski definition) is 3. The molecule has 16 heavy (non-hydrogen) atoms. The summed E-state index contributed by atoms with van der Waals surface area (Å²) in [5.41, 5.74) is 0.449. The third-order valence-corrected chi connectivity index (χ3v) is 2.62. The maximum absolute atomic E-state index is 13.2. The molecule has 0 saturated heterocycles. The first kappa shape index (κ1) is 10.9. The van der Waals surface area contributed by atoms with Crippen LogP contribution < -0.4 is 0 Å². The fourth-order valence-electron chi connectivity index (χ4n) is 1.20. The van der Waals surface area contributed by atoms with Gasteiger partial charge in [-0.3, -0.25) is 9.78 Å². The van der Waals surface area contributed by atoms with Crippen LogP contribution in [0.15, 0.2) is 41.3 Å². The van der Waals surface area contributed by atoms with Gasteiger partial charge in [-0.25, -0.2) is 9.37 Å². The molecule has 0 amide bonds. The Hall–Kier alpha value is -1.62. The van der Waals surface area contributed by atoms with Crippen LogP contribution in [0.4, 0.5) is 4.39 Å². The summed E-state index contributed by atoms with van der Waals surface area (Å²) in [4.78, 5) is 19.5. The maximum atomic E-state index is 13.2. The summed E-state index contributed by atoms with van der Waals surface area (Å²) in [5, 5.41) is 0. The van der Waals surface area contributed by atoms with Crippen molar-refractivity contribution < 1.29 is 9.18 Å². The van der Waals surface area contributed by atoms with Crippen LogP contribution in [0.1, 0.15) is 16.1 Å². The molecular weight excluding hydrogens is 275 g/mol. The van der Waals surface area contributed by atoms with E-state index in [1.165, 1.54) is 36.8 Å². The topological polar surface area (TPSA) is 42.9 Å². The van der Waals surface area contributed by atoms with E-state index in [1.807, 2.05) is 0 Å².